The third kappa shape index (κ3) is 2.56. The van der Waals surface area contributed by atoms with Crippen LogP contribution in [0.1, 0.15) is 25.5 Å². The Balaban J connectivity index is 1.98. The van der Waals surface area contributed by atoms with Crippen molar-refractivity contribution < 1.29 is 13.5 Å². The molecule has 3 aromatic rings. The Labute approximate surface area is 127 Å². The quantitative estimate of drug-likeness (QED) is 0.655. The highest BCUT2D eigenvalue weighted by molar-refractivity contribution is 5.84. The van der Waals surface area contributed by atoms with Gasteiger partial charge in [0, 0.05) is 23.2 Å². The van der Waals surface area contributed by atoms with Gasteiger partial charge in [-0.05, 0) is 32.0 Å². The second-order valence-corrected chi connectivity index (χ2v) is 5.51. The third-order valence-electron chi connectivity index (χ3n) is 3.66. The molecular formula is C18H17F2NO. The normalized spacial score (nSPS) is 11.3. The van der Waals surface area contributed by atoms with E-state index in [1.54, 1.807) is 24.3 Å². The zero-order chi connectivity index (χ0) is 15.7. The van der Waals surface area contributed by atoms with Crippen LogP contribution >= 0.6 is 0 Å². The summed E-state index contributed by atoms with van der Waals surface area (Å²) in [7, 11) is 0. The molecule has 114 valence electrons. The van der Waals surface area contributed by atoms with E-state index >= 15 is 0 Å². The van der Waals surface area contributed by atoms with E-state index in [1.165, 1.54) is 12.1 Å². The number of hydrogen-bond donors (Lipinski definition) is 0. The first-order valence-electron chi connectivity index (χ1n) is 7.23. The molecule has 2 aromatic carbocycles. The van der Waals surface area contributed by atoms with Crippen LogP contribution < -0.4 is 4.74 Å². The molecule has 0 bridgehead atoms. The van der Waals surface area contributed by atoms with Gasteiger partial charge in [-0.1, -0.05) is 24.3 Å². The molecule has 0 amide bonds. The fourth-order valence-corrected chi connectivity index (χ4v) is 2.58. The summed E-state index contributed by atoms with van der Waals surface area (Å²) >= 11 is 0. The van der Waals surface area contributed by atoms with Crippen molar-refractivity contribution in [3.63, 3.8) is 0 Å². The molecule has 0 aliphatic rings. The SMILES string of the molecule is CC(C)n1cc(COc2ccccc2F)c2cccc(F)c21. The smallest absolute Gasteiger partial charge is 0.165 e. The van der Waals surface area contributed by atoms with E-state index in [9.17, 15) is 8.78 Å². The molecule has 1 heterocycles. The van der Waals surface area contributed by atoms with Gasteiger partial charge in [-0.25, -0.2) is 8.78 Å². The summed E-state index contributed by atoms with van der Waals surface area (Å²) in [6, 6.07) is 11.4. The van der Waals surface area contributed by atoms with Crippen LogP contribution in [0.4, 0.5) is 8.78 Å². The second-order valence-electron chi connectivity index (χ2n) is 5.51. The first-order chi connectivity index (χ1) is 10.6. The highest BCUT2D eigenvalue weighted by Crippen LogP contribution is 2.28. The molecule has 0 radical (unpaired) electrons. The van der Waals surface area contributed by atoms with E-state index in [2.05, 4.69) is 0 Å². The van der Waals surface area contributed by atoms with E-state index < -0.39 is 5.82 Å². The monoisotopic (exact) mass is 301 g/mol. The van der Waals surface area contributed by atoms with Gasteiger partial charge in [-0.15, -0.1) is 0 Å². The summed E-state index contributed by atoms with van der Waals surface area (Å²) in [5.41, 5.74) is 1.40. The summed E-state index contributed by atoms with van der Waals surface area (Å²) in [5, 5.41) is 0.796. The standard InChI is InChI=1S/C18H17F2NO/c1-12(2)21-10-13(14-6-5-8-16(20)18(14)21)11-22-17-9-4-3-7-15(17)19/h3-10,12H,11H2,1-2H3. The number of para-hydroxylation sites is 2. The zero-order valence-electron chi connectivity index (χ0n) is 12.5. The van der Waals surface area contributed by atoms with Crippen molar-refractivity contribution in [1.29, 1.82) is 0 Å². The Morgan fingerprint density at radius 3 is 2.45 bits per heavy atom. The zero-order valence-corrected chi connectivity index (χ0v) is 12.5. The molecule has 4 heteroatoms. The number of halogens is 2. The average Bonchev–Trinajstić information content (AvgIpc) is 2.87. The molecule has 0 spiro atoms. The lowest BCUT2D eigenvalue weighted by molar-refractivity contribution is 0.291. The van der Waals surface area contributed by atoms with Crippen LogP contribution in [-0.2, 0) is 6.61 Å². The van der Waals surface area contributed by atoms with E-state index in [4.69, 9.17) is 4.74 Å². The molecule has 1 aromatic heterocycles. The molecule has 0 fully saturated rings. The lowest BCUT2D eigenvalue weighted by Crippen LogP contribution is -2.00. The largest absolute Gasteiger partial charge is 0.486 e. The maximum absolute atomic E-state index is 14.1. The Morgan fingerprint density at radius 2 is 1.73 bits per heavy atom. The van der Waals surface area contributed by atoms with Crippen molar-refractivity contribution in [2.45, 2.75) is 26.5 Å². The molecular weight excluding hydrogens is 284 g/mol. The number of benzene rings is 2. The third-order valence-corrected chi connectivity index (χ3v) is 3.66. The molecule has 0 aliphatic heterocycles. The lowest BCUT2D eigenvalue weighted by Gasteiger charge is -2.09. The molecule has 0 atom stereocenters. The summed E-state index contributed by atoms with van der Waals surface area (Å²) in [4.78, 5) is 0. The van der Waals surface area contributed by atoms with E-state index in [0.29, 0.717) is 5.52 Å². The van der Waals surface area contributed by atoms with Gasteiger partial charge in [-0.3, -0.25) is 0 Å². The van der Waals surface area contributed by atoms with Crippen LogP contribution in [0.5, 0.6) is 5.75 Å². The predicted molar refractivity (Wildman–Crippen MR) is 83.0 cm³/mol. The van der Waals surface area contributed by atoms with Crippen LogP contribution in [0.15, 0.2) is 48.7 Å². The van der Waals surface area contributed by atoms with Crippen molar-refractivity contribution in [3.05, 3.63) is 65.9 Å². The van der Waals surface area contributed by atoms with Crippen LogP contribution in [0.3, 0.4) is 0 Å². The summed E-state index contributed by atoms with van der Waals surface area (Å²) in [5.74, 6) is -0.464. The van der Waals surface area contributed by atoms with Crippen LogP contribution in [0.25, 0.3) is 10.9 Å². The molecule has 0 aliphatic carbocycles. The maximum atomic E-state index is 14.1. The van der Waals surface area contributed by atoms with Crippen LogP contribution in [-0.4, -0.2) is 4.57 Å². The topological polar surface area (TPSA) is 14.2 Å². The Kier molecular flexibility index (Phi) is 3.84. The van der Waals surface area contributed by atoms with Gasteiger partial charge in [0.15, 0.2) is 11.6 Å². The minimum Gasteiger partial charge on any atom is -0.486 e. The number of aromatic nitrogens is 1. The van der Waals surface area contributed by atoms with Gasteiger partial charge in [-0.2, -0.15) is 0 Å². The second kappa shape index (κ2) is 5.79. The minimum atomic E-state index is -0.402. The highest BCUT2D eigenvalue weighted by Gasteiger charge is 2.14. The molecule has 0 saturated heterocycles. The van der Waals surface area contributed by atoms with Crippen molar-refractivity contribution >= 4 is 10.9 Å². The molecule has 0 N–H and O–H groups in total. The maximum Gasteiger partial charge on any atom is 0.165 e. The summed E-state index contributed by atoms with van der Waals surface area (Å²) in [6.07, 6.45) is 1.87. The molecule has 2 nitrogen and oxygen atoms in total. The van der Waals surface area contributed by atoms with Crippen molar-refractivity contribution in [2.75, 3.05) is 0 Å². The van der Waals surface area contributed by atoms with Crippen LogP contribution in [0.2, 0.25) is 0 Å². The summed E-state index contributed by atoms with van der Waals surface area (Å²) < 4.78 is 35.2. The number of hydrogen-bond acceptors (Lipinski definition) is 1. The van der Waals surface area contributed by atoms with Gasteiger partial charge in [0.2, 0.25) is 0 Å². The number of nitrogens with zero attached hydrogens (tertiary/aromatic N) is 1. The van der Waals surface area contributed by atoms with Crippen molar-refractivity contribution in [1.82, 2.24) is 4.57 Å². The first kappa shape index (κ1) is 14.6. The van der Waals surface area contributed by atoms with Gasteiger partial charge in [0.25, 0.3) is 0 Å². The minimum absolute atomic E-state index is 0.126. The molecule has 3 rings (SSSR count). The van der Waals surface area contributed by atoms with E-state index in [0.717, 1.165) is 10.9 Å². The van der Waals surface area contributed by atoms with Crippen molar-refractivity contribution in [2.24, 2.45) is 0 Å². The van der Waals surface area contributed by atoms with Crippen molar-refractivity contribution in [3.8, 4) is 5.75 Å². The molecule has 22 heavy (non-hydrogen) atoms. The predicted octanol–water partition coefficient (Wildman–Crippen LogP) is 5.08. The lowest BCUT2D eigenvalue weighted by atomic mass is 10.2. The average molecular weight is 301 g/mol. The molecule has 0 unspecified atom stereocenters. The number of fused-ring (bicyclic) bond motifs is 1. The van der Waals surface area contributed by atoms with Gasteiger partial charge >= 0.3 is 0 Å². The first-order valence-corrected chi connectivity index (χ1v) is 7.23. The van der Waals surface area contributed by atoms with Crippen LogP contribution in [0, 0.1) is 11.6 Å². The Bertz CT molecular complexity index is 808. The Hall–Kier alpha value is -2.36. The summed E-state index contributed by atoms with van der Waals surface area (Å²) in [6.45, 7) is 4.18. The van der Waals surface area contributed by atoms with Gasteiger partial charge in [0.1, 0.15) is 12.4 Å². The fourth-order valence-electron chi connectivity index (χ4n) is 2.58. The highest BCUT2D eigenvalue weighted by atomic mass is 19.1. The van der Waals surface area contributed by atoms with Gasteiger partial charge < -0.3 is 9.30 Å². The number of rotatable bonds is 4. The van der Waals surface area contributed by atoms with E-state index in [-0.39, 0.29) is 24.2 Å². The Morgan fingerprint density at radius 1 is 1.00 bits per heavy atom. The fraction of sp³-hybridized carbons (Fsp3) is 0.222. The van der Waals surface area contributed by atoms with E-state index in [1.807, 2.05) is 30.7 Å². The molecule has 0 saturated carbocycles. The van der Waals surface area contributed by atoms with Gasteiger partial charge in [0.05, 0.1) is 5.52 Å². The number of ether oxygens (including phenoxy) is 1.